The quantitative estimate of drug-likeness (QED) is 0.547. The normalized spacial score (nSPS) is 17.1. The van der Waals surface area contributed by atoms with Crippen molar-refractivity contribution in [1.82, 2.24) is 14.7 Å². The van der Waals surface area contributed by atoms with Crippen molar-refractivity contribution in [1.29, 1.82) is 0 Å². The lowest BCUT2D eigenvalue weighted by Gasteiger charge is -2.15. The number of nitrogens with zero attached hydrogens (tertiary/aromatic N) is 3. The average molecular weight is 460 g/mol. The van der Waals surface area contributed by atoms with Gasteiger partial charge in [-0.25, -0.2) is 9.07 Å². The van der Waals surface area contributed by atoms with Crippen molar-refractivity contribution < 1.29 is 22.4 Å². The van der Waals surface area contributed by atoms with Crippen LogP contribution < -0.4 is 5.56 Å². The summed E-state index contributed by atoms with van der Waals surface area (Å²) in [5.41, 5.74) is -1.12. The maximum atomic E-state index is 13.3. The first-order valence-electron chi connectivity index (χ1n) is 8.91. The number of amides is 1. The molecule has 1 amide bonds. The molecular weight excluding hydrogens is 446 g/mol. The van der Waals surface area contributed by atoms with Gasteiger partial charge < -0.3 is 4.90 Å². The van der Waals surface area contributed by atoms with Crippen LogP contribution in [0.2, 0.25) is 5.02 Å². The molecule has 1 aliphatic rings. The van der Waals surface area contributed by atoms with E-state index in [2.05, 4.69) is 5.10 Å². The van der Waals surface area contributed by atoms with E-state index in [1.165, 1.54) is 17.2 Å². The van der Waals surface area contributed by atoms with Gasteiger partial charge in [0.1, 0.15) is 12.7 Å². The summed E-state index contributed by atoms with van der Waals surface area (Å²) in [5.74, 6) is -0.438. The van der Waals surface area contributed by atoms with Gasteiger partial charge in [-0.3, -0.25) is 9.59 Å². The Hall–Kier alpha value is -2.46. The molecule has 1 fully saturated rings. The van der Waals surface area contributed by atoms with Crippen LogP contribution in [0.5, 0.6) is 0 Å². The molecule has 2 aromatic heterocycles. The van der Waals surface area contributed by atoms with Gasteiger partial charge in [-0.15, -0.1) is 11.3 Å². The monoisotopic (exact) mass is 459 g/mol. The number of hydrogen-bond acceptors (Lipinski definition) is 4. The van der Waals surface area contributed by atoms with E-state index in [1.807, 2.05) is 0 Å². The van der Waals surface area contributed by atoms with Gasteiger partial charge in [0.05, 0.1) is 33.4 Å². The van der Waals surface area contributed by atoms with E-state index in [9.17, 15) is 27.2 Å². The van der Waals surface area contributed by atoms with Crippen molar-refractivity contribution in [3.63, 3.8) is 0 Å². The molecule has 158 valence electrons. The summed E-state index contributed by atoms with van der Waals surface area (Å²) in [5, 5.41) is 5.29. The molecule has 5 nitrogen and oxygen atoms in total. The molecule has 0 saturated carbocycles. The lowest BCUT2D eigenvalue weighted by molar-refractivity contribution is -0.137. The molecule has 0 spiro atoms. The number of aromatic nitrogens is 2. The third-order valence-corrected chi connectivity index (χ3v) is 6.18. The molecule has 30 heavy (non-hydrogen) atoms. The van der Waals surface area contributed by atoms with Crippen LogP contribution in [-0.2, 0) is 17.5 Å². The fraction of sp³-hybridized carbons (Fsp3) is 0.316. The Labute approximate surface area is 176 Å². The Bertz CT molecular complexity index is 1190. The number of carbonyl (C=O) groups is 1. The molecule has 4 rings (SSSR count). The topological polar surface area (TPSA) is 55.2 Å². The molecule has 1 unspecified atom stereocenters. The summed E-state index contributed by atoms with van der Waals surface area (Å²) in [6.07, 6.45) is -4.09. The van der Waals surface area contributed by atoms with Crippen LogP contribution in [0.4, 0.5) is 17.6 Å². The lowest BCUT2D eigenvalue weighted by Crippen LogP contribution is -2.36. The molecule has 3 heterocycles. The van der Waals surface area contributed by atoms with Gasteiger partial charge in [0.25, 0.3) is 5.56 Å². The second-order valence-electron chi connectivity index (χ2n) is 6.91. The maximum absolute atomic E-state index is 13.3. The van der Waals surface area contributed by atoms with Gasteiger partial charge in [0.15, 0.2) is 0 Å². The standard InChI is InChI=1S/C19H14ClF4N3O2S/c20-14-2-1-10(5-13(14)19(22,23)24)12-9-30-15-6-25-27(18(29)17(12)15)8-16(28)26-4-3-11(21)7-26/h1-2,5-6,9,11H,3-4,7-8H2. The smallest absolute Gasteiger partial charge is 0.338 e. The van der Waals surface area contributed by atoms with Gasteiger partial charge in [0.2, 0.25) is 5.91 Å². The zero-order valence-corrected chi connectivity index (χ0v) is 16.8. The number of fused-ring (bicyclic) bond motifs is 1. The van der Waals surface area contributed by atoms with Crippen LogP contribution in [0.15, 0.2) is 34.6 Å². The number of benzene rings is 1. The fourth-order valence-corrected chi connectivity index (χ4v) is 4.55. The molecule has 0 radical (unpaired) electrons. The van der Waals surface area contributed by atoms with Crippen LogP contribution in [-0.4, -0.2) is 39.8 Å². The number of alkyl halides is 4. The number of hydrogen-bond donors (Lipinski definition) is 0. The molecule has 3 aromatic rings. The number of thiophene rings is 1. The van der Waals surface area contributed by atoms with Gasteiger partial charge in [-0.05, 0) is 24.1 Å². The zero-order valence-electron chi connectivity index (χ0n) is 15.2. The van der Waals surface area contributed by atoms with Crippen molar-refractivity contribution in [2.75, 3.05) is 13.1 Å². The van der Waals surface area contributed by atoms with E-state index in [4.69, 9.17) is 11.6 Å². The summed E-state index contributed by atoms with van der Waals surface area (Å²) in [7, 11) is 0. The van der Waals surface area contributed by atoms with E-state index in [0.717, 1.165) is 28.2 Å². The molecule has 0 aliphatic carbocycles. The van der Waals surface area contributed by atoms with Crippen molar-refractivity contribution in [3.05, 3.63) is 50.7 Å². The van der Waals surface area contributed by atoms with E-state index in [-0.39, 0.29) is 37.0 Å². The molecule has 11 heteroatoms. The third-order valence-electron chi connectivity index (χ3n) is 4.93. The van der Waals surface area contributed by atoms with E-state index in [0.29, 0.717) is 10.3 Å². The van der Waals surface area contributed by atoms with Crippen molar-refractivity contribution in [2.24, 2.45) is 0 Å². The Morgan fingerprint density at radius 3 is 2.77 bits per heavy atom. The fourth-order valence-electron chi connectivity index (χ4n) is 3.40. The average Bonchev–Trinajstić information content (AvgIpc) is 3.30. The van der Waals surface area contributed by atoms with Gasteiger partial charge in [-0.2, -0.15) is 18.3 Å². The van der Waals surface area contributed by atoms with E-state index >= 15 is 0 Å². The minimum Gasteiger partial charge on any atom is -0.338 e. The van der Waals surface area contributed by atoms with Crippen molar-refractivity contribution in [2.45, 2.75) is 25.3 Å². The van der Waals surface area contributed by atoms with Gasteiger partial charge in [0, 0.05) is 17.5 Å². The van der Waals surface area contributed by atoms with Crippen molar-refractivity contribution in [3.8, 4) is 11.1 Å². The predicted molar refractivity (Wildman–Crippen MR) is 105 cm³/mol. The molecule has 1 aliphatic heterocycles. The first-order chi connectivity index (χ1) is 14.1. The lowest BCUT2D eigenvalue weighted by atomic mass is 10.0. The van der Waals surface area contributed by atoms with Gasteiger partial charge in [-0.1, -0.05) is 17.7 Å². The van der Waals surface area contributed by atoms with Crippen LogP contribution in [0.1, 0.15) is 12.0 Å². The molecule has 0 N–H and O–H groups in total. The highest BCUT2D eigenvalue weighted by molar-refractivity contribution is 7.17. The summed E-state index contributed by atoms with van der Waals surface area (Å²) in [6.45, 7) is -0.124. The maximum Gasteiger partial charge on any atom is 0.417 e. The Morgan fingerprint density at radius 2 is 2.10 bits per heavy atom. The van der Waals surface area contributed by atoms with E-state index < -0.39 is 34.4 Å². The molecule has 1 saturated heterocycles. The molecule has 0 bridgehead atoms. The molecule has 1 atom stereocenters. The number of likely N-dealkylation sites (tertiary alicyclic amines) is 1. The minimum atomic E-state index is -4.64. The SMILES string of the molecule is O=C(Cn1ncc2scc(-c3ccc(Cl)c(C(F)(F)F)c3)c2c1=O)N1CCC(F)C1. The largest absolute Gasteiger partial charge is 0.417 e. The van der Waals surface area contributed by atoms with Crippen LogP contribution in [0.3, 0.4) is 0 Å². The third kappa shape index (κ3) is 3.81. The summed E-state index contributed by atoms with van der Waals surface area (Å²) >= 11 is 6.84. The number of rotatable bonds is 3. The van der Waals surface area contributed by atoms with Crippen LogP contribution in [0.25, 0.3) is 21.2 Å². The highest BCUT2D eigenvalue weighted by Gasteiger charge is 2.33. The van der Waals surface area contributed by atoms with Gasteiger partial charge >= 0.3 is 6.18 Å². The number of carbonyl (C=O) groups excluding carboxylic acids is 1. The van der Waals surface area contributed by atoms with E-state index in [1.54, 1.807) is 5.38 Å². The summed E-state index contributed by atoms with van der Waals surface area (Å²) in [6, 6.07) is 3.43. The highest BCUT2D eigenvalue weighted by Crippen LogP contribution is 2.39. The second kappa shape index (κ2) is 7.66. The predicted octanol–water partition coefficient (Wildman–Crippen LogP) is 4.37. The van der Waals surface area contributed by atoms with Crippen LogP contribution in [0, 0.1) is 0 Å². The Balaban J connectivity index is 1.74. The van der Waals surface area contributed by atoms with Crippen LogP contribution >= 0.6 is 22.9 Å². The Morgan fingerprint density at radius 1 is 1.33 bits per heavy atom. The number of halogens is 5. The Kier molecular flexibility index (Phi) is 5.31. The zero-order chi connectivity index (χ0) is 21.6. The molecule has 1 aromatic carbocycles. The van der Waals surface area contributed by atoms with Crippen molar-refractivity contribution >= 4 is 38.9 Å². The highest BCUT2D eigenvalue weighted by atomic mass is 35.5. The first-order valence-corrected chi connectivity index (χ1v) is 10.2. The summed E-state index contributed by atoms with van der Waals surface area (Å²) < 4.78 is 54.4. The summed E-state index contributed by atoms with van der Waals surface area (Å²) in [4.78, 5) is 26.6. The second-order valence-corrected chi connectivity index (χ2v) is 8.23. The molecular formula is C19H14ClF4N3O2S. The first kappa shape index (κ1) is 20.8. The minimum absolute atomic E-state index is 0.0233.